The number of guanidine groups is 1. The zero-order valence-corrected chi connectivity index (χ0v) is 17.7. The molecule has 2 aromatic heterocycles. The van der Waals surface area contributed by atoms with Crippen molar-refractivity contribution >= 4 is 11.9 Å². The summed E-state index contributed by atoms with van der Waals surface area (Å²) < 4.78 is 4.93. The number of rotatable bonds is 6. The van der Waals surface area contributed by atoms with Crippen molar-refractivity contribution in [3.8, 4) is 0 Å². The summed E-state index contributed by atoms with van der Waals surface area (Å²) in [5.74, 6) is 1.82. The molecule has 2 fully saturated rings. The quantitative estimate of drug-likeness (QED) is 0.518. The van der Waals surface area contributed by atoms with Gasteiger partial charge in [0.15, 0.2) is 5.96 Å². The Morgan fingerprint density at radius 1 is 1.03 bits per heavy atom. The Morgan fingerprint density at radius 2 is 1.77 bits per heavy atom. The second-order valence-corrected chi connectivity index (χ2v) is 7.61. The molecule has 1 N–H and O–H groups in total. The number of piperazine rings is 2. The molecule has 4 rings (SSSR count). The van der Waals surface area contributed by atoms with Gasteiger partial charge < -0.3 is 19.6 Å². The molecule has 0 amide bonds. The maximum absolute atomic E-state index is 4.93. The minimum atomic E-state index is 0.832. The topological polar surface area (TPSA) is 89.2 Å². The van der Waals surface area contributed by atoms with Gasteiger partial charge in [-0.2, -0.15) is 0 Å². The molecule has 10 heteroatoms. The zero-order valence-electron chi connectivity index (χ0n) is 17.7. The first-order chi connectivity index (χ1) is 14.8. The van der Waals surface area contributed by atoms with Gasteiger partial charge in [-0.25, -0.2) is 9.97 Å². The number of aliphatic imine (C=N–C) groups is 1. The van der Waals surface area contributed by atoms with Gasteiger partial charge in [0.2, 0.25) is 5.95 Å². The average molecular weight is 414 g/mol. The van der Waals surface area contributed by atoms with Crippen LogP contribution in [0.5, 0.6) is 0 Å². The molecule has 2 saturated heterocycles. The summed E-state index contributed by atoms with van der Waals surface area (Å²) in [5.41, 5.74) is 0.991. The lowest BCUT2D eigenvalue weighted by molar-refractivity contribution is 0.168. The van der Waals surface area contributed by atoms with Crippen molar-refractivity contribution in [3.05, 3.63) is 36.5 Å². The van der Waals surface area contributed by atoms with Crippen molar-refractivity contribution in [3.63, 3.8) is 0 Å². The number of aromatic nitrogens is 3. The van der Waals surface area contributed by atoms with Crippen LogP contribution in [0.3, 0.4) is 0 Å². The smallest absolute Gasteiger partial charge is 0.225 e. The van der Waals surface area contributed by atoms with Gasteiger partial charge in [0.25, 0.3) is 0 Å². The lowest BCUT2D eigenvalue weighted by Crippen LogP contribution is -2.53. The van der Waals surface area contributed by atoms with E-state index in [0.717, 1.165) is 89.6 Å². The average Bonchev–Trinajstić information content (AvgIpc) is 3.32. The molecule has 4 heterocycles. The molecule has 2 aromatic rings. The Labute approximate surface area is 177 Å². The Hall–Kier alpha value is -2.72. The fraction of sp³-hybridized carbons (Fsp3) is 0.600. The molecule has 30 heavy (non-hydrogen) atoms. The predicted molar refractivity (Wildman–Crippen MR) is 115 cm³/mol. The molecule has 10 nitrogen and oxygen atoms in total. The van der Waals surface area contributed by atoms with Crippen LogP contribution in [0, 0.1) is 0 Å². The van der Waals surface area contributed by atoms with Crippen LogP contribution in [-0.4, -0.2) is 108 Å². The van der Waals surface area contributed by atoms with Crippen LogP contribution in [0.4, 0.5) is 5.95 Å². The van der Waals surface area contributed by atoms with E-state index in [0.29, 0.717) is 0 Å². The molecule has 0 spiro atoms. The fourth-order valence-corrected chi connectivity index (χ4v) is 3.95. The van der Waals surface area contributed by atoms with E-state index in [9.17, 15) is 0 Å². The minimum absolute atomic E-state index is 0.832. The number of hydrogen-bond donors (Lipinski definition) is 1. The molecular formula is C20H31N9O. The van der Waals surface area contributed by atoms with Gasteiger partial charge >= 0.3 is 0 Å². The third kappa shape index (κ3) is 5.45. The predicted octanol–water partition coefficient (Wildman–Crippen LogP) is -0.0202. The molecule has 2 aliphatic rings. The third-order valence-corrected chi connectivity index (χ3v) is 5.68. The molecule has 2 aliphatic heterocycles. The van der Waals surface area contributed by atoms with Crippen LogP contribution < -0.4 is 10.2 Å². The second kappa shape index (κ2) is 10.4. The van der Waals surface area contributed by atoms with Crippen molar-refractivity contribution in [2.75, 3.05) is 77.4 Å². The van der Waals surface area contributed by atoms with Gasteiger partial charge in [-0.05, 0) is 6.07 Å². The maximum atomic E-state index is 4.93. The largest absolute Gasteiger partial charge is 0.364 e. The zero-order chi connectivity index (χ0) is 20.6. The van der Waals surface area contributed by atoms with E-state index in [2.05, 4.69) is 45.0 Å². The molecule has 0 aromatic carbocycles. The first-order valence-electron chi connectivity index (χ1n) is 10.6. The number of nitrogens with zero attached hydrogens (tertiary/aromatic N) is 8. The molecule has 0 bridgehead atoms. The van der Waals surface area contributed by atoms with E-state index in [1.807, 2.05) is 19.2 Å². The summed E-state index contributed by atoms with van der Waals surface area (Å²) in [6.45, 7) is 10.7. The highest BCUT2D eigenvalue weighted by molar-refractivity contribution is 5.80. The second-order valence-electron chi connectivity index (χ2n) is 7.61. The van der Waals surface area contributed by atoms with Crippen LogP contribution in [0.25, 0.3) is 0 Å². The van der Waals surface area contributed by atoms with E-state index in [4.69, 9.17) is 4.52 Å². The van der Waals surface area contributed by atoms with Crippen molar-refractivity contribution in [2.24, 2.45) is 4.99 Å². The summed E-state index contributed by atoms with van der Waals surface area (Å²) in [7, 11) is 1.86. The summed E-state index contributed by atoms with van der Waals surface area (Å²) in [4.78, 5) is 22.7. The lowest BCUT2D eigenvalue weighted by atomic mass is 10.3. The molecule has 0 aliphatic carbocycles. The van der Waals surface area contributed by atoms with Crippen LogP contribution in [-0.2, 0) is 6.54 Å². The number of nitrogens with one attached hydrogen (secondary N) is 1. The highest BCUT2D eigenvalue weighted by Gasteiger charge is 2.21. The van der Waals surface area contributed by atoms with Gasteiger partial charge in [-0.1, -0.05) is 5.16 Å². The van der Waals surface area contributed by atoms with E-state index < -0.39 is 0 Å². The van der Waals surface area contributed by atoms with Gasteiger partial charge in [0, 0.05) is 97.5 Å². The molecule has 0 saturated carbocycles. The SMILES string of the molecule is CN=C(NCCN1CCN(c2ncccn2)CC1)N1CCN(Cc2ccon2)CC1. The van der Waals surface area contributed by atoms with E-state index in [-0.39, 0.29) is 0 Å². The molecule has 162 valence electrons. The standard InChI is InChI=1S/C20H31N9O/c1-21-19(28-14-10-27(11-15-28)17-18-3-16-30-25-18)24-6-7-26-8-12-29(13-9-26)20-22-4-2-5-23-20/h2-5,16H,6-15,17H2,1H3,(H,21,24). The van der Waals surface area contributed by atoms with E-state index in [1.54, 1.807) is 18.7 Å². The summed E-state index contributed by atoms with van der Waals surface area (Å²) in [6.07, 6.45) is 5.24. The molecule has 0 atom stereocenters. The summed E-state index contributed by atoms with van der Waals surface area (Å²) >= 11 is 0. The number of hydrogen-bond acceptors (Lipinski definition) is 8. The monoisotopic (exact) mass is 413 g/mol. The van der Waals surface area contributed by atoms with Crippen LogP contribution in [0.1, 0.15) is 5.69 Å². The first-order valence-corrected chi connectivity index (χ1v) is 10.6. The normalized spacial score (nSPS) is 19.3. The molecule has 0 radical (unpaired) electrons. The maximum Gasteiger partial charge on any atom is 0.225 e. The lowest BCUT2D eigenvalue weighted by Gasteiger charge is -2.37. The van der Waals surface area contributed by atoms with Gasteiger partial charge in [0.1, 0.15) is 6.26 Å². The first kappa shape index (κ1) is 20.5. The Morgan fingerprint density at radius 3 is 2.43 bits per heavy atom. The third-order valence-electron chi connectivity index (χ3n) is 5.68. The van der Waals surface area contributed by atoms with Crippen molar-refractivity contribution in [2.45, 2.75) is 6.54 Å². The minimum Gasteiger partial charge on any atom is -0.364 e. The molecule has 0 unspecified atom stereocenters. The Bertz CT molecular complexity index is 767. The van der Waals surface area contributed by atoms with Gasteiger partial charge in [-0.15, -0.1) is 0 Å². The highest BCUT2D eigenvalue weighted by atomic mass is 16.5. The van der Waals surface area contributed by atoms with Crippen LogP contribution >= 0.6 is 0 Å². The van der Waals surface area contributed by atoms with Gasteiger partial charge in [0.05, 0.1) is 5.69 Å². The van der Waals surface area contributed by atoms with Gasteiger partial charge in [-0.3, -0.25) is 14.8 Å². The summed E-state index contributed by atoms with van der Waals surface area (Å²) in [5, 5.41) is 7.55. The Kier molecular flexibility index (Phi) is 7.09. The van der Waals surface area contributed by atoms with Crippen LogP contribution in [0.15, 0.2) is 40.3 Å². The van der Waals surface area contributed by atoms with Crippen molar-refractivity contribution in [1.82, 2.24) is 35.1 Å². The molecular weight excluding hydrogens is 382 g/mol. The summed E-state index contributed by atoms with van der Waals surface area (Å²) in [6, 6.07) is 3.79. The van der Waals surface area contributed by atoms with Crippen LogP contribution in [0.2, 0.25) is 0 Å². The highest BCUT2D eigenvalue weighted by Crippen LogP contribution is 2.10. The van der Waals surface area contributed by atoms with Crippen molar-refractivity contribution < 1.29 is 4.52 Å². The van der Waals surface area contributed by atoms with E-state index >= 15 is 0 Å². The number of anilines is 1. The van der Waals surface area contributed by atoms with Crippen molar-refractivity contribution in [1.29, 1.82) is 0 Å². The Balaban J connectivity index is 1.14. The fourth-order valence-electron chi connectivity index (χ4n) is 3.95. The van der Waals surface area contributed by atoms with E-state index in [1.165, 1.54) is 0 Å².